The van der Waals surface area contributed by atoms with E-state index in [1.165, 1.54) is 0 Å². The van der Waals surface area contributed by atoms with E-state index in [2.05, 4.69) is 33.0 Å². The zero-order chi connectivity index (χ0) is 19.4. The SMILES string of the molecule is COc1ccc(C(c2ccc(Br)cc2)N2CCCC(C(=O)O)C2)cc1OC. The number of hydrogen-bond acceptors (Lipinski definition) is 4. The van der Waals surface area contributed by atoms with Crippen molar-refractivity contribution in [3.63, 3.8) is 0 Å². The molecule has 0 aromatic heterocycles. The number of rotatable bonds is 6. The number of benzene rings is 2. The maximum Gasteiger partial charge on any atom is 0.307 e. The minimum Gasteiger partial charge on any atom is -0.493 e. The number of carboxylic acid groups (broad SMARTS) is 1. The van der Waals surface area contributed by atoms with Gasteiger partial charge in [-0.2, -0.15) is 0 Å². The summed E-state index contributed by atoms with van der Waals surface area (Å²) in [7, 11) is 3.24. The van der Waals surface area contributed by atoms with Crippen LogP contribution >= 0.6 is 15.9 Å². The molecule has 0 radical (unpaired) electrons. The highest BCUT2D eigenvalue weighted by molar-refractivity contribution is 9.10. The molecule has 0 aliphatic carbocycles. The van der Waals surface area contributed by atoms with Crippen molar-refractivity contribution < 1.29 is 19.4 Å². The van der Waals surface area contributed by atoms with Crippen molar-refractivity contribution in [2.24, 2.45) is 5.92 Å². The van der Waals surface area contributed by atoms with Crippen LogP contribution in [0.1, 0.15) is 30.0 Å². The number of nitrogens with zero attached hydrogens (tertiary/aromatic N) is 1. The molecule has 2 aromatic rings. The summed E-state index contributed by atoms with van der Waals surface area (Å²) in [5, 5.41) is 9.50. The third kappa shape index (κ3) is 4.45. The zero-order valence-corrected chi connectivity index (χ0v) is 17.1. The van der Waals surface area contributed by atoms with Crippen LogP contribution in [0.4, 0.5) is 0 Å². The number of methoxy groups -OCH3 is 2. The van der Waals surface area contributed by atoms with E-state index in [9.17, 15) is 9.90 Å². The quantitative estimate of drug-likeness (QED) is 0.733. The van der Waals surface area contributed by atoms with Crippen molar-refractivity contribution >= 4 is 21.9 Å². The van der Waals surface area contributed by atoms with Crippen molar-refractivity contribution in [3.05, 3.63) is 58.1 Å². The fourth-order valence-electron chi connectivity index (χ4n) is 3.72. The summed E-state index contributed by atoms with van der Waals surface area (Å²) >= 11 is 3.49. The van der Waals surface area contributed by atoms with Gasteiger partial charge in [-0.15, -0.1) is 0 Å². The number of likely N-dealkylation sites (tertiary alicyclic amines) is 1. The van der Waals surface area contributed by atoms with Crippen LogP contribution in [0.15, 0.2) is 46.9 Å². The Hall–Kier alpha value is -2.05. The second-order valence-electron chi connectivity index (χ2n) is 6.74. The summed E-state index contributed by atoms with van der Waals surface area (Å²) in [6.45, 7) is 1.39. The first kappa shape index (κ1) is 19.7. The second kappa shape index (κ2) is 8.76. The third-order valence-corrected chi connectivity index (χ3v) is 5.60. The summed E-state index contributed by atoms with van der Waals surface area (Å²) in [6.07, 6.45) is 1.60. The van der Waals surface area contributed by atoms with E-state index in [4.69, 9.17) is 9.47 Å². The van der Waals surface area contributed by atoms with Gasteiger partial charge >= 0.3 is 5.97 Å². The van der Waals surface area contributed by atoms with Gasteiger partial charge in [0, 0.05) is 11.0 Å². The Morgan fingerprint density at radius 1 is 1.11 bits per heavy atom. The third-order valence-electron chi connectivity index (χ3n) is 5.08. The second-order valence-corrected chi connectivity index (χ2v) is 7.66. The number of piperidine rings is 1. The van der Waals surface area contributed by atoms with E-state index in [0.29, 0.717) is 18.0 Å². The van der Waals surface area contributed by atoms with Crippen LogP contribution in [-0.2, 0) is 4.79 Å². The first-order valence-corrected chi connectivity index (χ1v) is 9.77. The maximum atomic E-state index is 11.6. The fraction of sp³-hybridized carbons (Fsp3) is 0.381. The molecule has 1 N–H and O–H groups in total. The lowest BCUT2D eigenvalue weighted by atomic mass is 9.91. The normalized spacial score (nSPS) is 18.7. The first-order chi connectivity index (χ1) is 13.0. The largest absolute Gasteiger partial charge is 0.493 e. The van der Waals surface area contributed by atoms with Crippen LogP contribution in [0.2, 0.25) is 0 Å². The predicted molar refractivity (Wildman–Crippen MR) is 107 cm³/mol. The highest BCUT2D eigenvalue weighted by Gasteiger charge is 2.31. The van der Waals surface area contributed by atoms with Gasteiger partial charge in [-0.1, -0.05) is 34.1 Å². The minimum absolute atomic E-state index is 0.0416. The molecule has 2 atom stereocenters. The molecule has 1 saturated heterocycles. The molecular weight excluding hydrogens is 410 g/mol. The Bertz CT molecular complexity index is 793. The van der Waals surface area contributed by atoms with Gasteiger partial charge in [-0.3, -0.25) is 9.69 Å². The molecule has 6 heteroatoms. The summed E-state index contributed by atoms with van der Waals surface area (Å²) in [5.74, 6) is 0.292. The van der Waals surface area contributed by atoms with Crippen molar-refractivity contribution in [1.82, 2.24) is 4.90 Å². The smallest absolute Gasteiger partial charge is 0.307 e. The Labute approximate surface area is 168 Å². The highest BCUT2D eigenvalue weighted by atomic mass is 79.9. The molecular formula is C21H24BrNO4. The van der Waals surface area contributed by atoms with Gasteiger partial charge in [-0.05, 0) is 54.8 Å². The van der Waals surface area contributed by atoms with Gasteiger partial charge in [0.25, 0.3) is 0 Å². The number of carboxylic acids is 1. The van der Waals surface area contributed by atoms with Gasteiger partial charge in [-0.25, -0.2) is 0 Å². The standard InChI is InChI=1S/C21H24BrNO4/c1-26-18-10-7-15(12-19(18)27-2)20(14-5-8-17(22)9-6-14)23-11-3-4-16(13-23)21(24)25/h5-10,12,16,20H,3-4,11,13H2,1-2H3,(H,24,25). The molecule has 3 rings (SSSR count). The first-order valence-electron chi connectivity index (χ1n) is 8.97. The monoisotopic (exact) mass is 433 g/mol. The minimum atomic E-state index is -0.721. The average molecular weight is 434 g/mol. The van der Waals surface area contributed by atoms with Gasteiger partial charge in [0.2, 0.25) is 0 Å². The molecule has 0 amide bonds. The summed E-state index contributed by atoms with van der Waals surface area (Å²) in [4.78, 5) is 13.8. The molecule has 0 saturated carbocycles. The lowest BCUT2D eigenvalue weighted by Crippen LogP contribution is -2.41. The average Bonchev–Trinajstić information content (AvgIpc) is 2.69. The number of halogens is 1. The number of hydrogen-bond donors (Lipinski definition) is 1. The molecule has 1 heterocycles. The lowest BCUT2D eigenvalue weighted by Gasteiger charge is -2.37. The molecule has 2 aromatic carbocycles. The Balaban J connectivity index is 2.02. The Morgan fingerprint density at radius 2 is 1.78 bits per heavy atom. The summed E-state index contributed by atoms with van der Waals surface area (Å²) < 4.78 is 11.9. The van der Waals surface area contributed by atoms with Gasteiger partial charge in [0.05, 0.1) is 26.2 Å². The van der Waals surface area contributed by atoms with E-state index in [1.807, 2.05) is 30.3 Å². The predicted octanol–water partition coefficient (Wildman–Crippen LogP) is 4.35. The van der Waals surface area contributed by atoms with Gasteiger partial charge < -0.3 is 14.6 Å². The number of aliphatic carboxylic acids is 1. The molecule has 1 aliphatic rings. The Kier molecular flexibility index (Phi) is 6.39. The van der Waals surface area contributed by atoms with Crippen molar-refractivity contribution in [2.45, 2.75) is 18.9 Å². The van der Waals surface area contributed by atoms with Crippen LogP contribution in [0.5, 0.6) is 11.5 Å². The van der Waals surface area contributed by atoms with E-state index in [0.717, 1.165) is 35.0 Å². The molecule has 5 nitrogen and oxygen atoms in total. The van der Waals surface area contributed by atoms with Gasteiger partial charge in [0.15, 0.2) is 11.5 Å². The van der Waals surface area contributed by atoms with Crippen LogP contribution < -0.4 is 9.47 Å². The van der Waals surface area contributed by atoms with Crippen molar-refractivity contribution in [3.8, 4) is 11.5 Å². The maximum absolute atomic E-state index is 11.6. The molecule has 1 fully saturated rings. The van der Waals surface area contributed by atoms with Crippen LogP contribution in [0.25, 0.3) is 0 Å². The van der Waals surface area contributed by atoms with Crippen molar-refractivity contribution in [2.75, 3.05) is 27.3 Å². The summed E-state index contributed by atoms with van der Waals surface area (Å²) in [6, 6.07) is 14.1. The van der Waals surface area contributed by atoms with Crippen LogP contribution in [0.3, 0.4) is 0 Å². The topological polar surface area (TPSA) is 59.0 Å². The molecule has 27 heavy (non-hydrogen) atoms. The van der Waals surface area contributed by atoms with E-state index < -0.39 is 5.97 Å². The van der Waals surface area contributed by atoms with E-state index in [-0.39, 0.29) is 12.0 Å². The Morgan fingerprint density at radius 3 is 2.41 bits per heavy atom. The summed E-state index contributed by atoms with van der Waals surface area (Å²) in [5.41, 5.74) is 2.18. The molecule has 144 valence electrons. The molecule has 1 aliphatic heterocycles. The van der Waals surface area contributed by atoms with E-state index in [1.54, 1.807) is 14.2 Å². The molecule has 0 spiro atoms. The van der Waals surface area contributed by atoms with Gasteiger partial charge in [0.1, 0.15) is 0 Å². The lowest BCUT2D eigenvalue weighted by molar-refractivity contribution is -0.143. The number of carbonyl (C=O) groups is 1. The molecule has 2 unspecified atom stereocenters. The van der Waals surface area contributed by atoms with Crippen molar-refractivity contribution in [1.29, 1.82) is 0 Å². The van der Waals surface area contributed by atoms with Crippen LogP contribution in [0, 0.1) is 5.92 Å². The zero-order valence-electron chi connectivity index (χ0n) is 15.5. The molecule has 0 bridgehead atoms. The number of ether oxygens (including phenoxy) is 2. The van der Waals surface area contributed by atoms with E-state index >= 15 is 0 Å². The van der Waals surface area contributed by atoms with Crippen LogP contribution in [-0.4, -0.2) is 43.3 Å². The highest BCUT2D eigenvalue weighted by Crippen LogP contribution is 2.37. The fourth-order valence-corrected chi connectivity index (χ4v) is 3.99.